The smallest absolute Gasteiger partial charge is 0.335 e. The van der Waals surface area contributed by atoms with Gasteiger partial charge in [-0.2, -0.15) is 9.57 Å². The number of nitrogens with zero attached hydrogens (tertiary/aromatic N) is 3. The molecule has 0 bridgehead atoms. The molecule has 0 aliphatic heterocycles. The Balaban J connectivity index is 1.81. The maximum atomic E-state index is 14.8. The molecule has 45 heavy (non-hydrogen) atoms. The first kappa shape index (κ1) is 33.1. The lowest BCUT2D eigenvalue weighted by Crippen LogP contribution is -2.43. The van der Waals surface area contributed by atoms with Gasteiger partial charge >= 0.3 is 5.97 Å². The second kappa shape index (κ2) is 13.4. The quantitative estimate of drug-likeness (QED) is 0.126. The molecule has 0 atom stereocenters. The summed E-state index contributed by atoms with van der Waals surface area (Å²) in [6, 6.07) is 18.0. The van der Waals surface area contributed by atoms with E-state index in [2.05, 4.69) is 0 Å². The number of carboxylic acids is 1. The fourth-order valence-electron chi connectivity index (χ4n) is 4.17. The molecule has 8 nitrogen and oxygen atoms in total. The van der Waals surface area contributed by atoms with Crippen molar-refractivity contribution < 1.29 is 45.1 Å². The number of carboxylic acid groups (broad SMARTS) is 1. The molecule has 0 saturated heterocycles. The number of benzene rings is 4. The third-order valence-electron chi connectivity index (χ3n) is 6.50. The Morgan fingerprint density at radius 1 is 0.756 bits per heavy atom. The molecule has 0 radical (unpaired) electrons. The first-order chi connectivity index (χ1) is 21.2. The highest BCUT2D eigenvalue weighted by molar-refractivity contribution is 7.89. The summed E-state index contributed by atoms with van der Waals surface area (Å²) < 4.78 is 98.8. The highest BCUT2D eigenvalue weighted by Crippen LogP contribution is 2.30. The van der Waals surface area contributed by atoms with Crippen molar-refractivity contribution in [1.82, 2.24) is 4.31 Å². The standard InChI is InChI=1S/C30H19ClF5N3O5S/c31-21-9-5-18(6-10-21)14-38(45(43,44)29-27(35)25(33)24(32)26(34)28(29)36)16-23(40)39(15-19-3-1-17(13-37)2-4-19)22-11-7-20(8-12-22)30(41)42/h1-12H,14-16H2,(H,41,42). The van der Waals surface area contributed by atoms with Crippen LogP contribution in [0.1, 0.15) is 27.0 Å². The molecule has 0 fully saturated rings. The number of nitriles is 1. The minimum atomic E-state index is -5.60. The monoisotopic (exact) mass is 663 g/mol. The normalized spacial score (nSPS) is 11.3. The fourth-order valence-corrected chi connectivity index (χ4v) is 5.79. The average molecular weight is 664 g/mol. The van der Waals surface area contributed by atoms with Crippen molar-refractivity contribution in [3.8, 4) is 6.07 Å². The van der Waals surface area contributed by atoms with E-state index in [0.29, 0.717) is 11.1 Å². The van der Waals surface area contributed by atoms with E-state index in [-0.39, 0.29) is 32.7 Å². The van der Waals surface area contributed by atoms with Crippen LogP contribution in [0.5, 0.6) is 0 Å². The zero-order valence-electron chi connectivity index (χ0n) is 22.6. The number of halogens is 6. The van der Waals surface area contributed by atoms with Gasteiger partial charge in [-0.25, -0.2) is 35.2 Å². The van der Waals surface area contributed by atoms with Crippen LogP contribution in [0.15, 0.2) is 77.7 Å². The Kier molecular flexibility index (Phi) is 9.87. The summed E-state index contributed by atoms with van der Waals surface area (Å²) in [7, 11) is -5.60. The number of rotatable bonds is 10. The van der Waals surface area contributed by atoms with Gasteiger partial charge in [0, 0.05) is 17.3 Å². The summed E-state index contributed by atoms with van der Waals surface area (Å²) in [4.78, 5) is 24.0. The van der Waals surface area contributed by atoms with Crippen LogP contribution in [0, 0.1) is 40.4 Å². The second-order valence-electron chi connectivity index (χ2n) is 9.44. The topological polar surface area (TPSA) is 119 Å². The van der Waals surface area contributed by atoms with Crippen LogP contribution in [-0.4, -0.2) is 36.3 Å². The zero-order chi connectivity index (χ0) is 33.1. The molecule has 1 N–H and O–H groups in total. The van der Waals surface area contributed by atoms with Gasteiger partial charge in [-0.05, 0) is 59.7 Å². The van der Waals surface area contributed by atoms with Gasteiger partial charge in [0.15, 0.2) is 28.2 Å². The third-order valence-corrected chi connectivity index (χ3v) is 8.57. The average Bonchev–Trinajstić information content (AvgIpc) is 3.02. The molecular weight excluding hydrogens is 645 g/mol. The molecule has 0 spiro atoms. The summed E-state index contributed by atoms with van der Waals surface area (Å²) in [5.74, 6) is -15.1. The molecule has 4 aromatic rings. The van der Waals surface area contributed by atoms with Gasteiger partial charge in [0.05, 0.1) is 30.3 Å². The molecule has 0 saturated carbocycles. The van der Waals surface area contributed by atoms with E-state index in [9.17, 15) is 45.1 Å². The second-order valence-corrected chi connectivity index (χ2v) is 11.8. The van der Waals surface area contributed by atoms with Gasteiger partial charge in [0.25, 0.3) is 0 Å². The van der Waals surface area contributed by atoms with E-state index in [1.165, 1.54) is 72.8 Å². The SMILES string of the molecule is N#Cc1ccc(CN(C(=O)CN(Cc2ccc(Cl)cc2)S(=O)(=O)c2c(F)c(F)c(F)c(F)c2F)c2ccc(C(=O)O)cc2)cc1. The van der Waals surface area contributed by atoms with Crippen LogP contribution < -0.4 is 4.90 Å². The highest BCUT2D eigenvalue weighted by atomic mass is 35.5. The first-order valence-electron chi connectivity index (χ1n) is 12.6. The van der Waals surface area contributed by atoms with Gasteiger partial charge in [0.1, 0.15) is 0 Å². The third kappa shape index (κ3) is 7.12. The lowest BCUT2D eigenvalue weighted by Gasteiger charge is -2.28. The summed E-state index contributed by atoms with van der Waals surface area (Å²) >= 11 is 5.88. The van der Waals surface area contributed by atoms with E-state index in [1.54, 1.807) is 0 Å². The van der Waals surface area contributed by atoms with Crippen LogP contribution in [0.4, 0.5) is 27.6 Å². The van der Waals surface area contributed by atoms with Crippen molar-refractivity contribution in [2.24, 2.45) is 0 Å². The van der Waals surface area contributed by atoms with E-state index >= 15 is 0 Å². The Hall–Kier alpha value is -4.84. The molecule has 15 heteroatoms. The first-order valence-corrected chi connectivity index (χ1v) is 14.4. The lowest BCUT2D eigenvalue weighted by atomic mass is 10.1. The van der Waals surface area contributed by atoms with Crippen LogP contribution in [0.3, 0.4) is 0 Å². The largest absolute Gasteiger partial charge is 0.478 e. The molecule has 0 unspecified atom stereocenters. The zero-order valence-corrected chi connectivity index (χ0v) is 24.2. The molecule has 0 aromatic heterocycles. The summed E-state index contributed by atoms with van der Waals surface area (Å²) in [6.45, 7) is -2.18. The number of anilines is 1. The lowest BCUT2D eigenvalue weighted by molar-refractivity contribution is -0.119. The molecule has 0 heterocycles. The number of sulfonamides is 1. The summed E-state index contributed by atoms with van der Waals surface area (Å²) in [6.07, 6.45) is 0. The predicted octanol–water partition coefficient (Wildman–Crippen LogP) is 6.03. The fraction of sp³-hybridized carbons (Fsp3) is 0.100. The Labute approximate surface area is 258 Å². The van der Waals surface area contributed by atoms with Crippen molar-refractivity contribution in [3.63, 3.8) is 0 Å². The van der Waals surface area contributed by atoms with Crippen molar-refractivity contribution in [3.05, 3.63) is 129 Å². The van der Waals surface area contributed by atoms with E-state index in [4.69, 9.17) is 16.9 Å². The van der Waals surface area contributed by atoms with E-state index in [0.717, 1.165) is 4.90 Å². The molecule has 1 amide bonds. The number of hydrogen-bond donors (Lipinski definition) is 1. The predicted molar refractivity (Wildman–Crippen MR) is 151 cm³/mol. The molecule has 0 aliphatic rings. The van der Waals surface area contributed by atoms with Crippen molar-refractivity contribution in [2.45, 2.75) is 18.0 Å². The summed E-state index contributed by atoms with van der Waals surface area (Å²) in [5, 5.41) is 18.6. The molecular formula is C30H19ClF5N3O5S. The van der Waals surface area contributed by atoms with Gasteiger partial charge in [0.2, 0.25) is 21.7 Å². The summed E-state index contributed by atoms with van der Waals surface area (Å²) in [5.41, 5.74) is 0.823. The van der Waals surface area contributed by atoms with Gasteiger partial charge in [-0.1, -0.05) is 35.9 Å². The van der Waals surface area contributed by atoms with Crippen LogP contribution >= 0.6 is 11.6 Å². The van der Waals surface area contributed by atoms with E-state index in [1.807, 2.05) is 6.07 Å². The van der Waals surface area contributed by atoms with Gasteiger partial charge in [-0.15, -0.1) is 0 Å². The van der Waals surface area contributed by atoms with Crippen LogP contribution in [0.2, 0.25) is 5.02 Å². The number of carbonyl (C=O) groups excluding carboxylic acids is 1. The number of hydrogen-bond acceptors (Lipinski definition) is 5. The molecule has 4 rings (SSSR count). The van der Waals surface area contributed by atoms with Crippen molar-refractivity contribution in [2.75, 3.05) is 11.4 Å². The molecule has 232 valence electrons. The number of carbonyl (C=O) groups is 2. The minimum absolute atomic E-state index is 0.0782. The Morgan fingerprint density at radius 3 is 1.76 bits per heavy atom. The van der Waals surface area contributed by atoms with E-state index < -0.39 is 69.0 Å². The maximum Gasteiger partial charge on any atom is 0.335 e. The maximum absolute atomic E-state index is 14.8. The number of aromatic carboxylic acids is 1. The number of amides is 1. The van der Waals surface area contributed by atoms with Gasteiger partial charge in [-0.3, -0.25) is 4.79 Å². The van der Waals surface area contributed by atoms with Crippen molar-refractivity contribution >= 4 is 39.2 Å². The molecule has 0 aliphatic carbocycles. The van der Waals surface area contributed by atoms with Crippen LogP contribution in [-0.2, 0) is 27.9 Å². The Bertz CT molecular complexity index is 1890. The minimum Gasteiger partial charge on any atom is -0.478 e. The molecule has 4 aromatic carbocycles. The highest BCUT2D eigenvalue weighted by Gasteiger charge is 2.38. The van der Waals surface area contributed by atoms with Gasteiger partial charge < -0.3 is 10.0 Å². The van der Waals surface area contributed by atoms with Crippen molar-refractivity contribution in [1.29, 1.82) is 5.26 Å². The van der Waals surface area contributed by atoms with Crippen LogP contribution in [0.25, 0.3) is 0 Å². The Morgan fingerprint density at radius 2 is 1.24 bits per heavy atom.